The molecule has 1 atom stereocenters. The third-order valence-electron chi connectivity index (χ3n) is 5.29. The van der Waals surface area contributed by atoms with Crippen LogP contribution in [0.4, 0.5) is 0 Å². The number of halogens is 1. The fraction of sp³-hybridized carbons (Fsp3) is 0.333. The van der Waals surface area contributed by atoms with Gasteiger partial charge in [-0.15, -0.1) is 0 Å². The lowest BCUT2D eigenvalue weighted by atomic mass is 9.83. The van der Waals surface area contributed by atoms with E-state index < -0.39 is 5.97 Å². The Bertz CT molecular complexity index is 952. The summed E-state index contributed by atoms with van der Waals surface area (Å²) in [7, 11) is 1.58. The summed E-state index contributed by atoms with van der Waals surface area (Å²) in [4.78, 5) is 27.6. The lowest BCUT2D eigenvalue weighted by Crippen LogP contribution is -2.40. The maximum atomic E-state index is 13.2. The number of carbonyl (C=O) groups excluding carboxylic acids is 2. The van der Waals surface area contributed by atoms with Gasteiger partial charge >= 0.3 is 5.97 Å². The Hall–Kier alpha value is -2.63. The van der Waals surface area contributed by atoms with E-state index in [9.17, 15) is 9.59 Å². The highest BCUT2D eigenvalue weighted by atomic mass is 35.5. The van der Waals surface area contributed by atoms with Crippen molar-refractivity contribution in [2.24, 2.45) is 0 Å². The van der Waals surface area contributed by atoms with E-state index in [1.165, 1.54) is 0 Å². The molecule has 0 bridgehead atoms. The highest BCUT2D eigenvalue weighted by Crippen LogP contribution is 2.37. The van der Waals surface area contributed by atoms with Crippen LogP contribution in [0.5, 0.6) is 0 Å². The Morgan fingerprint density at radius 2 is 1.90 bits per heavy atom. The number of hydrogen-bond acceptors (Lipinski definition) is 4. The molecular weight excluding hydrogens is 402 g/mol. The molecular formula is C24H26ClNO4. The molecule has 0 saturated carbocycles. The van der Waals surface area contributed by atoms with Gasteiger partial charge in [0.1, 0.15) is 6.61 Å². The normalized spacial score (nSPS) is 16.7. The Kier molecular flexibility index (Phi) is 7.29. The van der Waals surface area contributed by atoms with Crippen molar-refractivity contribution in [1.82, 2.24) is 4.90 Å². The second kappa shape index (κ2) is 9.92. The van der Waals surface area contributed by atoms with E-state index in [0.29, 0.717) is 29.4 Å². The largest absolute Gasteiger partial charge is 0.457 e. The number of benzene rings is 2. The SMILES string of the molecule is COCCN1C(=O)CC(c2ccc(Cl)cc2)C(C(=O)OCc2cccc(C)c2)=C1C. The molecule has 3 rings (SSSR count). The van der Waals surface area contributed by atoms with Crippen LogP contribution in [-0.4, -0.2) is 37.0 Å². The van der Waals surface area contributed by atoms with E-state index in [-0.39, 0.29) is 24.9 Å². The minimum Gasteiger partial charge on any atom is -0.457 e. The van der Waals surface area contributed by atoms with Crippen molar-refractivity contribution >= 4 is 23.5 Å². The third-order valence-corrected chi connectivity index (χ3v) is 5.54. The monoisotopic (exact) mass is 427 g/mol. The van der Waals surface area contributed by atoms with Gasteiger partial charge in [-0.2, -0.15) is 0 Å². The Morgan fingerprint density at radius 3 is 2.57 bits per heavy atom. The van der Waals surface area contributed by atoms with Crippen molar-refractivity contribution in [2.45, 2.75) is 32.8 Å². The highest BCUT2D eigenvalue weighted by molar-refractivity contribution is 6.30. The van der Waals surface area contributed by atoms with Crippen LogP contribution in [0.3, 0.4) is 0 Å². The van der Waals surface area contributed by atoms with Crippen LogP contribution in [-0.2, 0) is 25.7 Å². The quantitative estimate of drug-likeness (QED) is 0.604. The molecule has 1 unspecified atom stereocenters. The Labute approximate surface area is 182 Å². The van der Waals surface area contributed by atoms with Gasteiger partial charge in [0, 0.05) is 36.7 Å². The average molecular weight is 428 g/mol. The zero-order valence-electron chi connectivity index (χ0n) is 17.5. The number of esters is 1. The van der Waals surface area contributed by atoms with Gasteiger partial charge in [0.05, 0.1) is 12.2 Å². The highest BCUT2D eigenvalue weighted by Gasteiger charge is 2.36. The average Bonchev–Trinajstić information content (AvgIpc) is 2.72. The van der Waals surface area contributed by atoms with E-state index in [1.54, 1.807) is 31.1 Å². The van der Waals surface area contributed by atoms with E-state index in [4.69, 9.17) is 21.1 Å². The van der Waals surface area contributed by atoms with Gasteiger partial charge in [0.15, 0.2) is 0 Å². The second-order valence-corrected chi connectivity index (χ2v) is 7.85. The molecule has 30 heavy (non-hydrogen) atoms. The molecule has 158 valence electrons. The fourth-order valence-corrected chi connectivity index (χ4v) is 3.87. The second-order valence-electron chi connectivity index (χ2n) is 7.41. The van der Waals surface area contributed by atoms with Crippen molar-refractivity contribution in [1.29, 1.82) is 0 Å². The van der Waals surface area contributed by atoms with Crippen molar-refractivity contribution in [3.8, 4) is 0 Å². The van der Waals surface area contributed by atoms with Crippen LogP contribution in [0.1, 0.15) is 36.0 Å². The van der Waals surface area contributed by atoms with Crippen LogP contribution in [0.25, 0.3) is 0 Å². The molecule has 1 amide bonds. The minimum atomic E-state index is -0.413. The van der Waals surface area contributed by atoms with E-state index in [2.05, 4.69) is 0 Å². The standard InChI is InChI=1S/C24H26ClNO4/c1-16-5-4-6-18(13-16)15-30-24(28)23-17(2)26(11-12-29-3)22(27)14-21(23)19-7-9-20(25)10-8-19/h4-10,13,21H,11-12,14-15H2,1-3H3. The number of carbonyl (C=O) groups is 2. The van der Waals surface area contributed by atoms with Crippen molar-refractivity contribution < 1.29 is 19.1 Å². The summed E-state index contributed by atoms with van der Waals surface area (Å²) in [6.07, 6.45) is 0.192. The van der Waals surface area contributed by atoms with Crippen molar-refractivity contribution in [2.75, 3.05) is 20.3 Å². The van der Waals surface area contributed by atoms with Crippen LogP contribution >= 0.6 is 11.6 Å². The van der Waals surface area contributed by atoms with Gasteiger partial charge < -0.3 is 14.4 Å². The lowest BCUT2D eigenvalue weighted by Gasteiger charge is -2.34. The first kappa shape index (κ1) is 22.1. The van der Waals surface area contributed by atoms with Crippen molar-refractivity contribution in [3.05, 3.63) is 81.5 Å². The molecule has 0 aliphatic carbocycles. The molecule has 1 aliphatic heterocycles. The smallest absolute Gasteiger partial charge is 0.336 e. The topological polar surface area (TPSA) is 55.8 Å². The number of aryl methyl sites for hydroxylation is 1. The van der Waals surface area contributed by atoms with Crippen molar-refractivity contribution in [3.63, 3.8) is 0 Å². The molecule has 2 aromatic carbocycles. The van der Waals surface area contributed by atoms with Gasteiger partial charge in [0.25, 0.3) is 0 Å². The number of rotatable bonds is 7. The minimum absolute atomic E-state index is 0.0419. The number of nitrogens with zero attached hydrogens (tertiary/aromatic N) is 1. The maximum absolute atomic E-state index is 13.2. The molecule has 1 heterocycles. The summed E-state index contributed by atoms with van der Waals surface area (Å²) in [5.41, 5.74) is 4.00. The first-order chi connectivity index (χ1) is 14.4. The summed E-state index contributed by atoms with van der Waals surface area (Å²) >= 11 is 6.02. The van der Waals surface area contributed by atoms with E-state index in [0.717, 1.165) is 16.7 Å². The first-order valence-electron chi connectivity index (χ1n) is 9.89. The predicted octanol–water partition coefficient (Wildman–Crippen LogP) is 4.63. The maximum Gasteiger partial charge on any atom is 0.336 e. The zero-order chi connectivity index (χ0) is 21.7. The summed E-state index contributed by atoms with van der Waals surface area (Å²) in [5.74, 6) is -0.831. The van der Waals surface area contributed by atoms with Crippen LogP contribution < -0.4 is 0 Å². The van der Waals surface area contributed by atoms with Gasteiger partial charge in [-0.1, -0.05) is 53.6 Å². The molecule has 1 aliphatic rings. The summed E-state index contributed by atoms with van der Waals surface area (Å²) in [6, 6.07) is 15.1. The summed E-state index contributed by atoms with van der Waals surface area (Å²) in [6.45, 7) is 4.74. The molecule has 6 heteroatoms. The number of amides is 1. The van der Waals surface area contributed by atoms with Gasteiger partial charge in [-0.05, 0) is 37.1 Å². The number of methoxy groups -OCH3 is 1. The molecule has 0 spiro atoms. The number of allylic oxidation sites excluding steroid dienone is 1. The Balaban J connectivity index is 1.91. The molecule has 0 aromatic heterocycles. The third kappa shape index (κ3) is 5.10. The zero-order valence-corrected chi connectivity index (χ0v) is 18.2. The van der Waals surface area contributed by atoms with Gasteiger partial charge in [-0.3, -0.25) is 4.79 Å². The molecule has 0 fully saturated rings. The molecule has 0 saturated heterocycles. The Morgan fingerprint density at radius 1 is 1.17 bits per heavy atom. The molecule has 2 aromatic rings. The van der Waals surface area contributed by atoms with E-state index >= 15 is 0 Å². The lowest BCUT2D eigenvalue weighted by molar-refractivity contribution is -0.141. The summed E-state index contributed by atoms with van der Waals surface area (Å²) < 4.78 is 10.8. The van der Waals surface area contributed by atoms with Crippen LogP contribution in [0.2, 0.25) is 5.02 Å². The van der Waals surface area contributed by atoms with Gasteiger partial charge in [-0.25, -0.2) is 4.79 Å². The van der Waals surface area contributed by atoms with E-state index in [1.807, 2.05) is 43.3 Å². The molecule has 5 nitrogen and oxygen atoms in total. The fourth-order valence-electron chi connectivity index (χ4n) is 3.74. The van der Waals surface area contributed by atoms with Gasteiger partial charge in [0.2, 0.25) is 5.91 Å². The van der Waals surface area contributed by atoms with Crippen LogP contribution in [0, 0.1) is 6.92 Å². The molecule has 0 N–H and O–H groups in total. The number of ether oxygens (including phenoxy) is 2. The summed E-state index contributed by atoms with van der Waals surface area (Å²) in [5, 5.41) is 0.604. The number of hydrogen-bond donors (Lipinski definition) is 0. The van der Waals surface area contributed by atoms with Crippen LogP contribution in [0.15, 0.2) is 59.8 Å². The predicted molar refractivity (Wildman–Crippen MR) is 116 cm³/mol. The molecule has 0 radical (unpaired) electrons. The first-order valence-corrected chi connectivity index (χ1v) is 10.3.